The van der Waals surface area contributed by atoms with Crippen molar-refractivity contribution in [2.24, 2.45) is 0 Å². The Morgan fingerprint density at radius 1 is 1.90 bits per heavy atom. The van der Waals surface area contributed by atoms with Crippen molar-refractivity contribution in [1.29, 1.82) is 0 Å². The highest BCUT2D eigenvalue weighted by atomic mass is 32.2. The Balaban J connectivity index is 3.62. The number of thioether (sulfide) groups is 1. The molecule has 0 fully saturated rings. The van der Waals surface area contributed by atoms with Gasteiger partial charge in [-0.3, -0.25) is 0 Å². The highest BCUT2D eigenvalue weighted by Gasteiger charge is 2.04. The molecular formula is C7H13NOS. The second kappa shape index (κ2) is 5.35. The van der Waals surface area contributed by atoms with Crippen molar-refractivity contribution < 1.29 is 4.79 Å². The Bertz CT molecular complexity index is 125. The van der Waals surface area contributed by atoms with Crippen LogP contribution in [-0.4, -0.2) is 18.6 Å². The fraction of sp³-hybridized carbons (Fsp3) is 0.571. The van der Waals surface area contributed by atoms with Gasteiger partial charge in [0.15, 0.2) is 0 Å². The van der Waals surface area contributed by atoms with Crippen molar-refractivity contribution in [2.75, 3.05) is 7.05 Å². The van der Waals surface area contributed by atoms with E-state index < -0.39 is 0 Å². The fourth-order valence-corrected chi connectivity index (χ4v) is 1.15. The maximum Gasteiger partial charge on any atom is 0.133 e. The molecule has 0 aliphatic carbocycles. The predicted molar refractivity (Wildman–Crippen MR) is 45.9 cm³/mol. The quantitative estimate of drug-likeness (QED) is 0.615. The molecule has 1 atom stereocenters. The van der Waals surface area contributed by atoms with Gasteiger partial charge in [-0.15, -0.1) is 0 Å². The summed E-state index contributed by atoms with van der Waals surface area (Å²) >= 11 is 1.47. The third-order valence-electron chi connectivity index (χ3n) is 1.13. The maximum absolute atomic E-state index is 10.3. The van der Waals surface area contributed by atoms with E-state index in [1.54, 1.807) is 7.05 Å². The van der Waals surface area contributed by atoms with Crippen LogP contribution in [0.2, 0.25) is 0 Å². The summed E-state index contributed by atoms with van der Waals surface area (Å²) in [6, 6.07) is 0. The van der Waals surface area contributed by atoms with E-state index in [1.807, 2.05) is 6.92 Å². The van der Waals surface area contributed by atoms with Gasteiger partial charge >= 0.3 is 0 Å². The van der Waals surface area contributed by atoms with Gasteiger partial charge in [-0.2, -0.15) is 0 Å². The van der Waals surface area contributed by atoms with Gasteiger partial charge in [0.1, 0.15) is 6.29 Å². The minimum atomic E-state index is 0.0555. The number of hydrogen-bond acceptors (Lipinski definition) is 3. The van der Waals surface area contributed by atoms with Gasteiger partial charge in [0.25, 0.3) is 0 Å². The molecule has 0 aromatic heterocycles. The molecule has 3 heteroatoms. The lowest BCUT2D eigenvalue weighted by atomic mass is 10.4. The van der Waals surface area contributed by atoms with E-state index in [0.717, 1.165) is 17.7 Å². The summed E-state index contributed by atoms with van der Waals surface area (Å²) < 4.78 is 0. The molecule has 0 radical (unpaired) electrons. The molecule has 0 rings (SSSR count). The van der Waals surface area contributed by atoms with Crippen molar-refractivity contribution in [3.8, 4) is 0 Å². The molecule has 58 valence electrons. The Hall–Kier alpha value is -0.440. The van der Waals surface area contributed by atoms with Crippen LogP contribution in [0.15, 0.2) is 11.6 Å². The van der Waals surface area contributed by atoms with Crippen LogP contribution in [0.3, 0.4) is 0 Å². The summed E-state index contributed by atoms with van der Waals surface area (Å²) in [4.78, 5) is 10.3. The molecule has 0 saturated carbocycles. The topological polar surface area (TPSA) is 29.1 Å². The summed E-state index contributed by atoms with van der Waals surface area (Å²) in [5.74, 6) is 0. The van der Waals surface area contributed by atoms with E-state index in [0.29, 0.717) is 0 Å². The molecule has 0 aliphatic heterocycles. The van der Waals surface area contributed by atoms with Crippen LogP contribution < -0.4 is 5.32 Å². The molecule has 0 aliphatic rings. The van der Waals surface area contributed by atoms with Crippen LogP contribution >= 0.6 is 11.8 Å². The molecule has 10 heavy (non-hydrogen) atoms. The van der Waals surface area contributed by atoms with Crippen LogP contribution in [0.25, 0.3) is 0 Å². The number of carbonyl (C=O) groups is 1. The fourth-order valence-electron chi connectivity index (χ4n) is 0.449. The Morgan fingerprint density at radius 3 is 2.80 bits per heavy atom. The van der Waals surface area contributed by atoms with Crippen molar-refractivity contribution in [3.63, 3.8) is 0 Å². The van der Waals surface area contributed by atoms with Gasteiger partial charge in [-0.05, 0) is 6.42 Å². The van der Waals surface area contributed by atoms with E-state index >= 15 is 0 Å². The van der Waals surface area contributed by atoms with Gasteiger partial charge < -0.3 is 10.1 Å². The van der Waals surface area contributed by atoms with E-state index in [1.165, 1.54) is 11.8 Å². The van der Waals surface area contributed by atoms with Crippen LogP contribution in [0.4, 0.5) is 0 Å². The SMILES string of the molecule is C=C(NC)SC(C=O)CC. The van der Waals surface area contributed by atoms with E-state index in [-0.39, 0.29) is 5.25 Å². The number of aldehydes is 1. The lowest BCUT2D eigenvalue weighted by molar-refractivity contribution is -0.107. The standard InChI is InChI=1S/C7H13NOS/c1-4-7(5-9)10-6(2)8-3/h5,7-8H,2,4H2,1,3H3. The third kappa shape index (κ3) is 3.56. The molecule has 0 aromatic rings. The lowest BCUT2D eigenvalue weighted by Crippen LogP contribution is -2.08. The van der Waals surface area contributed by atoms with Crippen LogP contribution in [-0.2, 0) is 4.79 Å². The second-order valence-electron chi connectivity index (χ2n) is 1.87. The van der Waals surface area contributed by atoms with Gasteiger partial charge in [-0.1, -0.05) is 25.3 Å². The largest absolute Gasteiger partial charge is 0.383 e. The average Bonchev–Trinajstić information content (AvgIpc) is 1.99. The first-order chi connectivity index (χ1) is 4.74. The monoisotopic (exact) mass is 159 g/mol. The molecule has 0 bridgehead atoms. The van der Waals surface area contributed by atoms with Crippen LogP contribution in [0.1, 0.15) is 13.3 Å². The van der Waals surface area contributed by atoms with Crippen molar-refractivity contribution in [3.05, 3.63) is 11.6 Å². The lowest BCUT2D eigenvalue weighted by Gasteiger charge is -2.07. The molecule has 2 nitrogen and oxygen atoms in total. The normalized spacial score (nSPS) is 12.2. The molecule has 0 spiro atoms. The van der Waals surface area contributed by atoms with E-state index in [4.69, 9.17) is 0 Å². The Labute approximate surface area is 66.1 Å². The summed E-state index contributed by atoms with van der Waals surface area (Å²) in [6.45, 7) is 5.68. The molecule has 0 aromatic carbocycles. The molecule has 0 saturated heterocycles. The molecule has 0 heterocycles. The molecule has 0 amide bonds. The number of carbonyl (C=O) groups excluding carboxylic acids is 1. The van der Waals surface area contributed by atoms with E-state index in [2.05, 4.69) is 11.9 Å². The number of hydrogen-bond donors (Lipinski definition) is 1. The van der Waals surface area contributed by atoms with Crippen molar-refractivity contribution >= 4 is 18.0 Å². The molecule has 1 N–H and O–H groups in total. The van der Waals surface area contributed by atoms with Crippen molar-refractivity contribution in [1.82, 2.24) is 5.32 Å². The van der Waals surface area contributed by atoms with Gasteiger partial charge in [0, 0.05) is 7.05 Å². The first-order valence-corrected chi connectivity index (χ1v) is 4.11. The van der Waals surface area contributed by atoms with Gasteiger partial charge in [0.2, 0.25) is 0 Å². The minimum Gasteiger partial charge on any atom is -0.383 e. The summed E-state index contributed by atoms with van der Waals surface area (Å²) in [7, 11) is 1.80. The van der Waals surface area contributed by atoms with Gasteiger partial charge in [0.05, 0.1) is 10.3 Å². The van der Waals surface area contributed by atoms with Gasteiger partial charge in [-0.25, -0.2) is 0 Å². The molecule has 1 unspecified atom stereocenters. The number of rotatable bonds is 5. The number of nitrogens with one attached hydrogen (secondary N) is 1. The van der Waals surface area contributed by atoms with E-state index in [9.17, 15) is 4.79 Å². The Morgan fingerprint density at radius 2 is 2.50 bits per heavy atom. The average molecular weight is 159 g/mol. The zero-order valence-corrected chi connectivity index (χ0v) is 7.20. The maximum atomic E-state index is 10.3. The third-order valence-corrected chi connectivity index (χ3v) is 2.36. The minimum absolute atomic E-state index is 0.0555. The summed E-state index contributed by atoms with van der Waals surface area (Å²) in [5, 5.41) is 3.78. The Kier molecular flexibility index (Phi) is 5.12. The summed E-state index contributed by atoms with van der Waals surface area (Å²) in [6.07, 6.45) is 1.81. The highest BCUT2D eigenvalue weighted by Crippen LogP contribution is 2.17. The first-order valence-electron chi connectivity index (χ1n) is 3.23. The molecular weight excluding hydrogens is 146 g/mol. The van der Waals surface area contributed by atoms with Crippen LogP contribution in [0, 0.1) is 0 Å². The zero-order chi connectivity index (χ0) is 7.98. The predicted octanol–water partition coefficient (Wildman–Crippen LogP) is 1.39. The van der Waals surface area contributed by atoms with Crippen LogP contribution in [0.5, 0.6) is 0 Å². The highest BCUT2D eigenvalue weighted by molar-refractivity contribution is 8.04. The smallest absolute Gasteiger partial charge is 0.133 e. The zero-order valence-electron chi connectivity index (χ0n) is 6.39. The van der Waals surface area contributed by atoms with Crippen molar-refractivity contribution in [2.45, 2.75) is 18.6 Å². The first kappa shape index (κ1) is 9.56. The summed E-state index contributed by atoms with van der Waals surface area (Å²) in [5.41, 5.74) is 0. The second-order valence-corrected chi connectivity index (χ2v) is 3.21.